The number of aromatic nitrogens is 1. The first-order chi connectivity index (χ1) is 6.20. The lowest BCUT2D eigenvalue weighted by Crippen LogP contribution is -1.97. The van der Waals surface area contributed by atoms with E-state index in [0.717, 1.165) is 9.22 Å². The first kappa shape index (κ1) is 8.55. The molecule has 13 heavy (non-hydrogen) atoms. The minimum Gasteiger partial charge on any atom is -0.478 e. The lowest BCUT2D eigenvalue weighted by Gasteiger charge is -1.94. The van der Waals surface area contributed by atoms with Crippen LogP contribution < -0.4 is 0 Å². The molecule has 4 heteroatoms. The summed E-state index contributed by atoms with van der Waals surface area (Å²) in [6, 6.07) is 7.32. The van der Waals surface area contributed by atoms with Gasteiger partial charge in [-0.15, -0.1) is 0 Å². The molecule has 3 nitrogen and oxygen atoms in total. The maximum atomic E-state index is 10.8. The van der Waals surface area contributed by atoms with Gasteiger partial charge in [0.05, 0.1) is 9.26 Å². The number of fused-ring (bicyclic) bond motifs is 1. The number of hydrogen-bond acceptors (Lipinski definition) is 1. The zero-order valence-electron chi connectivity index (χ0n) is 6.57. The molecular formula is C9H6INO2. The number of aromatic carboxylic acids is 1. The van der Waals surface area contributed by atoms with Crippen molar-refractivity contribution in [2.75, 3.05) is 0 Å². The summed E-state index contributed by atoms with van der Waals surface area (Å²) >= 11 is 2.03. The highest BCUT2D eigenvalue weighted by molar-refractivity contribution is 14.1. The van der Waals surface area contributed by atoms with Gasteiger partial charge >= 0.3 is 5.97 Å². The van der Waals surface area contributed by atoms with Crippen molar-refractivity contribution in [2.24, 2.45) is 0 Å². The zero-order valence-corrected chi connectivity index (χ0v) is 8.72. The molecule has 0 atom stereocenters. The van der Waals surface area contributed by atoms with E-state index < -0.39 is 5.97 Å². The predicted molar refractivity (Wildman–Crippen MR) is 57.1 cm³/mol. The summed E-state index contributed by atoms with van der Waals surface area (Å²) in [7, 11) is 0. The van der Waals surface area contributed by atoms with Gasteiger partial charge in [-0.2, -0.15) is 0 Å². The normalized spacial score (nSPS) is 10.5. The van der Waals surface area contributed by atoms with Crippen LogP contribution in [0.5, 0.6) is 0 Å². The van der Waals surface area contributed by atoms with Gasteiger partial charge in [0.15, 0.2) is 0 Å². The van der Waals surface area contributed by atoms with Crippen molar-refractivity contribution < 1.29 is 9.90 Å². The van der Waals surface area contributed by atoms with Crippen LogP contribution in [0.2, 0.25) is 0 Å². The van der Waals surface area contributed by atoms with Gasteiger partial charge in [0.1, 0.15) is 0 Å². The molecule has 0 fully saturated rings. The third kappa shape index (κ3) is 1.31. The average molecular weight is 287 g/mol. The van der Waals surface area contributed by atoms with Crippen molar-refractivity contribution in [3.8, 4) is 0 Å². The fourth-order valence-corrected chi connectivity index (χ4v) is 2.07. The Hall–Kier alpha value is -1.04. The Bertz CT molecular complexity index is 475. The van der Waals surface area contributed by atoms with Crippen LogP contribution in [0.1, 0.15) is 10.4 Å². The second kappa shape index (κ2) is 3.02. The van der Waals surface area contributed by atoms with Crippen molar-refractivity contribution in [2.45, 2.75) is 0 Å². The first-order valence-corrected chi connectivity index (χ1v) is 4.77. The SMILES string of the molecule is O=C(O)c1cc2ccccn2c1I. The standard InChI is InChI=1S/C9H6INO2/c10-8-7(9(12)13)5-6-3-1-2-4-11(6)8/h1-5H,(H,12,13). The van der Waals surface area contributed by atoms with Crippen LogP contribution in [-0.2, 0) is 0 Å². The van der Waals surface area contributed by atoms with Crippen LogP contribution in [0, 0.1) is 3.70 Å². The molecule has 0 bridgehead atoms. The number of carboxylic acid groups (broad SMARTS) is 1. The minimum absolute atomic E-state index is 0.354. The third-order valence-corrected chi connectivity index (χ3v) is 2.95. The molecule has 0 radical (unpaired) electrons. The number of rotatable bonds is 1. The number of halogens is 1. The summed E-state index contributed by atoms with van der Waals surface area (Å²) in [5.41, 5.74) is 1.26. The van der Waals surface area contributed by atoms with Gasteiger partial charge in [-0.1, -0.05) is 6.07 Å². The van der Waals surface area contributed by atoms with E-state index in [9.17, 15) is 4.79 Å². The maximum Gasteiger partial charge on any atom is 0.338 e. The molecule has 2 aromatic heterocycles. The number of pyridine rings is 1. The molecule has 0 aliphatic rings. The van der Waals surface area contributed by atoms with Crippen molar-refractivity contribution in [1.29, 1.82) is 0 Å². The Morgan fingerprint density at radius 1 is 1.46 bits per heavy atom. The van der Waals surface area contributed by atoms with Gasteiger partial charge in [-0.25, -0.2) is 4.79 Å². The van der Waals surface area contributed by atoms with E-state index in [-0.39, 0.29) is 0 Å². The highest BCUT2D eigenvalue weighted by atomic mass is 127. The monoisotopic (exact) mass is 287 g/mol. The Morgan fingerprint density at radius 2 is 2.23 bits per heavy atom. The molecule has 0 aliphatic carbocycles. The lowest BCUT2D eigenvalue weighted by molar-refractivity contribution is 0.0696. The summed E-state index contributed by atoms with van der Waals surface area (Å²) in [5.74, 6) is -0.881. The molecule has 0 aromatic carbocycles. The van der Waals surface area contributed by atoms with Gasteiger partial charge in [0.2, 0.25) is 0 Å². The summed E-state index contributed by atoms with van der Waals surface area (Å²) in [6.07, 6.45) is 1.85. The molecule has 0 unspecified atom stereocenters. The molecule has 0 saturated carbocycles. The van der Waals surface area contributed by atoms with Crippen molar-refractivity contribution in [1.82, 2.24) is 4.40 Å². The Kier molecular flexibility index (Phi) is 1.99. The largest absolute Gasteiger partial charge is 0.478 e. The average Bonchev–Trinajstić information content (AvgIpc) is 2.45. The molecule has 2 heterocycles. The van der Waals surface area contributed by atoms with E-state index in [2.05, 4.69) is 0 Å². The number of carboxylic acids is 1. The van der Waals surface area contributed by atoms with Crippen LogP contribution in [-0.4, -0.2) is 15.5 Å². The van der Waals surface area contributed by atoms with Crippen LogP contribution in [0.3, 0.4) is 0 Å². The number of hydrogen-bond donors (Lipinski definition) is 1. The Labute approximate surface area is 88.1 Å². The van der Waals surface area contributed by atoms with Crippen molar-refractivity contribution in [3.63, 3.8) is 0 Å². The predicted octanol–water partition coefficient (Wildman–Crippen LogP) is 2.24. The zero-order chi connectivity index (χ0) is 9.42. The van der Waals surface area contributed by atoms with E-state index in [1.807, 2.05) is 51.4 Å². The van der Waals surface area contributed by atoms with E-state index in [1.54, 1.807) is 6.07 Å². The fraction of sp³-hybridized carbons (Fsp3) is 0. The highest BCUT2D eigenvalue weighted by Crippen LogP contribution is 2.18. The smallest absolute Gasteiger partial charge is 0.338 e. The Balaban J connectivity index is 2.81. The van der Waals surface area contributed by atoms with E-state index in [1.165, 1.54) is 0 Å². The molecule has 66 valence electrons. The summed E-state index contributed by atoms with van der Waals surface area (Å²) in [4.78, 5) is 10.8. The van der Waals surface area contributed by atoms with E-state index in [4.69, 9.17) is 5.11 Å². The molecule has 2 rings (SSSR count). The summed E-state index contributed by atoms with van der Waals surface area (Å²) in [6.45, 7) is 0. The van der Waals surface area contributed by atoms with Gasteiger partial charge < -0.3 is 9.51 Å². The molecule has 0 saturated heterocycles. The van der Waals surface area contributed by atoms with Crippen LogP contribution in [0.15, 0.2) is 30.5 Å². The molecule has 0 spiro atoms. The lowest BCUT2D eigenvalue weighted by atomic mass is 10.3. The van der Waals surface area contributed by atoms with Gasteiger partial charge in [0.25, 0.3) is 0 Å². The van der Waals surface area contributed by atoms with Crippen molar-refractivity contribution >= 4 is 34.1 Å². The number of carbonyl (C=O) groups is 1. The fourth-order valence-electron chi connectivity index (χ4n) is 1.24. The molecular weight excluding hydrogens is 281 g/mol. The molecule has 0 aliphatic heterocycles. The van der Waals surface area contributed by atoms with Gasteiger partial charge in [-0.05, 0) is 40.8 Å². The second-order valence-electron chi connectivity index (χ2n) is 2.65. The molecule has 1 N–H and O–H groups in total. The highest BCUT2D eigenvalue weighted by Gasteiger charge is 2.12. The van der Waals surface area contributed by atoms with Crippen molar-refractivity contribution in [3.05, 3.63) is 39.7 Å². The number of nitrogens with zero attached hydrogens (tertiary/aromatic N) is 1. The summed E-state index contributed by atoms with van der Waals surface area (Å²) in [5, 5.41) is 8.85. The summed E-state index contributed by atoms with van der Waals surface area (Å²) < 4.78 is 2.59. The van der Waals surface area contributed by atoms with E-state index in [0.29, 0.717) is 5.56 Å². The van der Waals surface area contributed by atoms with Crippen LogP contribution in [0.4, 0.5) is 0 Å². The van der Waals surface area contributed by atoms with Crippen LogP contribution >= 0.6 is 22.6 Å². The maximum absolute atomic E-state index is 10.8. The van der Waals surface area contributed by atoms with Crippen LogP contribution in [0.25, 0.3) is 5.52 Å². The van der Waals surface area contributed by atoms with E-state index >= 15 is 0 Å². The Morgan fingerprint density at radius 3 is 2.85 bits per heavy atom. The minimum atomic E-state index is -0.881. The topological polar surface area (TPSA) is 41.7 Å². The van der Waals surface area contributed by atoms with Gasteiger partial charge in [0, 0.05) is 11.7 Å². The quantitative estimate of drug-likeness (QED) is 0.817. The molecule has 0 amide bonds. The second-order valence-corrected chi connectivity index (χ2v) is 3.67. The van der Waals surface area contributed by atoms with Gasteiger partial charge in [-0.3, -0.25) is 0 Å². The molecule has 2 aromatic rings. The first-order valence-electron chi connectivity index (χ1n) is 3.69. The third-order valence-electron chi connectivity index (χ3n) is 1.85.